The zero-order valence-corrected chi connectivity index (χ0v) is 10.3. The Bertz CT molecular complexity index is 415. The molecule has 0 aliphatic heterocycles. The number of hydrogen-bond donors (Lipinski definition) is 1. The molecule has 0 bridgehead atoms. The molecule has 1 fully saturated rings. The maximum Gasteiger partial charge on any atom is 0.419 e. The lowest BCUT2D eigenvalue weighted by molar-refractivity contribution is -0.141. The van der Waals surface area contributed by atoms with Gasteiger partial charge in [-0.2, -0.15) is 13.2 Å². The summed E-state index contributed by atoms with van der Waals surface area (Å²) in [5.41, 5.74) is 4.47. The van der Waals surface area contributed by atoms with Gasteiger partial charge in [0.25, 0.3) is 0 Å². The highest BCUT2D eigenvalue weighted by atomic mass is 35.5. The Kier molecular flexibility index (Phi) is 4.61. The molecule has 2 rings (SSSR count). The van der Waals surface area contributed by atoms with E-state index in [4.69, 9.17) is 5.73 Å². The average molecular weight is 284 g/mol. The van der Waals surface area contributed by atoms with Gasteiger partial charge in [0.1, 0.15) is 5.82 Å². The third kappa shape index (κ3) is 2.78. The Balaban J connectivity index is 0.00000162. The van der Waals surface area contributed by atoms with E-state index >= 15 is 0 Å². The lowest BCUT2D eigenvalue weighted by Crippen LogP contribution is -2.29. The molecule has 0 unspecified atom stereocenters. The number of alkyl halides is 3. The molecule has 1 aliphatic rings. The Morgan fingerprint density at radius 3 is 2.28 bits per heavy atom. The number of nitrogens with two attached hydrogens (primary N) is 1. The fourth-order valence-corrected chi connectivity index (χ4v) is 2.17. The molecule has 1 atom stereocenters. The second kappa shape index (κ2) is 5.45. The van der Waals surface area contributed by atoms with Crippen LogP contribution in [0.15, 0.2) is 18.2 Å². The number of hydrogen-bond acceptors (Lipinski definition) is 1. The molecule has 102 valence electrons. The Morgan fingerprint density at radius 2 is 1.83 bits per heavy atom. The van der Waals surface area contributed by atoms with Crippen LogP contribution in [0.25, 0.3) is 0 Å². The van der Waals surface area contributed by atoms with E-state index in [2.05, 4.69) is 0 Å². The molecule has 0 saturated heterocycles. The number of halogens is 5. The lowest BCUT2D eigenvalue weighted by Gasteiger charge is -2.32. The van der Waals surface area contributed by atoms with Gasteiger partial charge in [0.2, 0.25) is 0 Å². The van der Waals surface area contributed by atoms with Crippen LogP contribution in [-0.4, -0.2) is 0 Å². The molecule has 18 heavy (non-hydrogen) atoms. The fraction of sp³-hybridized carbons (Fsp3) is 0.500. The van der Waals surface area contributed by atoms with Crippen LogP contribution in [0.1, 0.15) is 36.4 Å². The van der Waals surface area contributed by atoms with E-state index < -0.39 is 23.6 Å². The van der Waals surface area contributed by atoms with Crippen LogP contribution >= 0.6 is 12.4 Å². The largest absolute Gasteiger partial charge is 0.419 e. The van der Waals surface area contributed by atoms with Crippen molar-refractivity contribution < 1.29 is 17.6 Å². The van der Waals surface area contributed by atoms with Crippen molar-refractivity contribution in [2.24, 2.45) is 11.7 Å². The van der Waals surface area contributed by atoms with Crippen molar-refractivity contribution in [2.75, 3.05) is 0 Å². The zero-order chi connectivity index (χ0) is 12.6. The van der Waals surface area contributed by atoms with Gasteiger partial charge in [-0.05, 0) is 30.4 Å². The first kappa shape index (κ1) is 15.2. The van der Waals surface area contributed by atoms with Crippen LogP contribution in [0, 0.1) is 11.7 Å². The minimum Gasteiger partial charge on any atom is -0.324 e. The molecule has 1 aromatic carbocycles. The molecular formula is C12H14ClF4N. The second-order valence-electron chi connectivity index (χ2n) is 4.42. The summed E-state index contributed by atoms with van der Waals surface area (Å²) in [4.78, 5) is 0. The Hall–Kier alpha value is -0.810. The van der Waals surface area contributed by atoms with E-state index in [0.29, 0.717) is 0 Å². The molecule has 1 saturated carbocycles. The Labute approximate surface area is 109 Å². The standard InChI is InChI=1S/C12H13F4N.ClH/c13-9-6-2-5-8(10(9)12(14,15)16)11(17)7-3-1-4-7;/h2,5-7,11H,1,3-4,17H2;1H/t11-;/m1./s1. The van der Waals surface area contributed by atoms with Crippen molar-refractivity contribution in [2.45, 2.75) is 31.5 Å². The van der Waals surface area contributed by atoms with Gasteiger partial charge in [-0.15, -0.1) is 12.4 Å². The highest BCUT2D eigenvalue weighted by Gasteiger charge is 2.39. The van der Waals surface area contributed by atoms with E-state index in [9.17, 15) is 17.6 Å². The monoisotopic (exact) mass is 283 g/mol. The predicted molar refractivity (Wildman–Crippen MR) is 62.9 cm³/mol. The molecule has 0 heterocycles. The summed E-state index contributed by atoms with van der Waals surface area (Å²) in [6.07, 6.45) is -2.08. The van der Waals surface area contributed by atoms with Gasteiger partial charge < -0.3 is 5.73 Å². The van der Waals surface area contributed by atoms with Crippen LogP contribution in [0.2, 0.25) is 0 Å². The third-order valence-corrected chi connectivity index (χ3v) is 3.35. The van der Waals surface area contributed by atoms with Crippen molar-refractivity contribution in [3.8, 4) is 0 Å². The predicted octanol–water partition coefficient (Wildman–Crippen LogP) is 4.07. The molecule has 1 nitrogen and oxygen atoms in total. The van der Waals surface area contributed by atoms with Crippen LogP contribution in [0.3, 0.4) is 0 Å². The first-order valence-electron chi connectivity index (χ1n) is 5.52. The lowest BCUT2D eigenvalue weighted by atomic mass is 9.76. The summed E-state index contributed by atoms with van der Waals surface area (Å²) in [6.45, 7) is 0. The van der Waals surface area contributed by atoms with Crippen LogP contribution < -0.4 is 5.73 Å². The molecule has 0 spiro atoms. The summed E-state index contributed by atoms with van der Waals surface area (Å²) >= 11 is 0. The molecule has 2 N–H and O–H groups in total. The second-order valence-corrected chi connectivity index (χ2v) is 4.42. The van der Waals surface area contributed by atoms with Gasteiger partial charge in [-0.3, -0.25) is 0 Å². The SMILES string of the molecule is Cl.N[C@@H](c1cccc(F)c1C(F)(F)F)C1CCC1. The van der Waals surface area contributed by atoms with E-state index in [-0.39, 0.29) is 23.9 Å². The van der Waals surface area contributed by atoms with Crippen molar-refractivity contribution in [3.63, 3.8) is 0 Å². The van der Waals surface area contributed by atoms with E-state index in [1.165, 1.54) is 12.1 Å². The topological polar surface area (TPSA) is 26.0 Å². The van der Waals surface area contributed by atoms with E-state index in [1.807, 2.05) is 0 Å². The number of benzene rings is 1. The van der Waals surface area contributed by atoms with Gasteiger partial charge in [0, 0.05) is 6.04 Å². The Morgan fingerprint density at radius 1 is 1.22 bits per heavy atom. The fourth-order valence-electron chi connectivity index (χ4n) is 2.17. The smallest absolute Gasteiger partial charge is 0.324 e. The molecule has 0 amide bonds. The summed E-state index contributed by atoms with van der Waals surface area (Å²) in [5.74, 6) is -1.21. The van der Waals surface area contributed by atoms with Crippen LogP contribution in [-0.2, 0) is 6.18 Å². The molecule has 1 aromatic rings. The summed E-state index contributed by atoms with van der Waals surface area (Å²) in [6, 6.07) is 2.64. The molecule has 0 aromatic heterocycles. The molecule has 1 aliphatic carbocycles. The average Bonchev–Trinajstić information content (AvgIpc) is 2.12. The van der Waals surface area contributed by atoms with Crippen molar-refractivity contribution in [1.29, 1.82) is 0 Å². The summed E-state index contributed by atoms with van der Waals surface area (Å²) < 4.78 is 51.6. The summed E-state index contributed by atoms with van der Waals surface area (Å²) in [7, 11) is 0. The highest BCUT2D eigenvalue weighted by molar-refractivity contribution is 5.85. The zero-order valence-electron chi connectivity index (χ0n) is 9.51. The molecule has 6 heteroatoms. The van der Waals surface area contributed by atoms with Crippen LogP contribution in [0.5, 0.6) is 0 Å². The first-order valence-corrected chi connectivity index (χ1v) is 5.52. The quantitative estimate of drug-likeness (QED) is 0.814. The van der Waals surface area contributed by atoms with Gasteiger partial charge in [-0.25, -0.2) is 4.39 Å². The summed E-state index contributed by atoms with van der Waals surface area (Å²) in [5, 5.41) is 0. The van der Waals surface area contributed by atoms with Gasteiger partial charge in [0.05, 0.1) is 5.56 Å². The highest BCUT2D eigenvalue weighted by Crippen LogP contribution is 2.42. The third-order valence-electron chi connectivity index (χ3n) is 3.35. The molecular weight excluding hydrogens is 270 g/mol. The maximum absolute atomic E-state index is 13.3. The maximum atomic E-state index is 13.3. The van der Waals surface area contributed by atoms with Gasteiger partial charge >= 0.3 is 6.18 Å². The normalized spacial score (nSPS) is 17.8. The van der Waals surface area contributed by atoms with Crippen molar-refractivity contribution in [3.05, 3.63) is 35.1 Å². The van der Waals surface area contributed by atoms with Gasteiger partial charge in [0.15, 0.2) is 0 Å². The van der Waals surface area contributed by atoms with Crippen molar-refractivity contribution in [1.82, 2.24) is 0 Å². The minimum absolute atomic E-state index is 0. The van der Waals surface area contributed by atoms with Gasteiger partial charge in [-0.1, -0.05) is 18.6 Å². The molecule has 0 radical (unpaired) electrons. The van der Waals surface area contributed by atoms with E-state index in [0.717, 1.165) is 25.3 Å². The van der Waals surface area contributed by atoms with E-state index in [1.54, 1.807) is 0 Å². The number of rotatable bonds is 2. The first-order chi connectivity index (χ1) is 7.91. The van der Waals surface area contributed by atoms with Crippen LogP contribution in [0.4, 0.5) is 17.6 Å². The van der Waals surface area contributed by atoms with Crippen molar-refractivity contribution >= 4 is 12.4 Å². The minimum atomic E-state index is -4.69.